The van der Waals surface area contributed by atoms with E-state index in [0.717, 1.165) is 42.3 Å². The molecule has 1 N–H and O–H groups in total. The Kier molecular flexibility index (Phi) is 5.89. The van der Waals surface area contributed by atoms with Gasteiger partial charge in [0.2, 0.25) is 0 Å². The maximum atomic E-state index is 5.80. The number of oxazole rings is 1. The maximum absolute atomic E-state index is 5.80. The van der Waals surface area contributed by atoms with Crippen LogP contribution < -0.4 is 14.8 Å². The van der Waals surface area contributed by atoms with Crippen LogP contribution in [0.5, 0.6) is 17.6 Å². The molecule has 0 bridgehead atoms. The van der Waals surface area contributed by atoms with Crippen molar-refractivity contribution in [2.24, 2.45) is 5.92 Å². The number of benzene rings is 2. The van der Waals surface area contributed by atoms with Crippen LogP contribution in [-0.2, 0) is 0 Å². The zero-order chi connectivity index (χ0) is 18.3. The molecule has 0 atom stereocenters. The number of rotatable bonds is 11. The van der Waals surface area contributed by atoms with Crippen molar-refractivity contribution in [1.82, 2.24) is 10.3 Å². The Morgan fingerprint density at radius 1 is 0.963 bits per heavy atom. The molecule has 142 valence electrons. The SMILES string of the molecule is c1ccc2oc(Oc3ccc(OCCCCCNCC4CC4)cc3)nc2c1. The fourth-order valence-electron chi connectivity index (χ4n) is 2.95. The number of aromatic nitrogens is 1. The van der Waals surface area contributed by atoms with Crippen molar-refractivity contribution >= 4 is 11.1 Å². The number of para-hydroxylation sites is 2. The van der Waals surface area contributed by atoms with Gasteiger partial charge in [-0.25, -0.2) is 0 Å². The van der Waals surface area contributed by atoms with Crippen molar-refractivity contribution < 1.29 is 13.9 Å². The monoisotopic (exact) mass is 366 g/mol. The highest BCUT2D eigenvalue weighted by molar-refractivity contribution is 5.72. The van der Waals surface area contributed by atoms with Crippen LogP contribution in [0.4, 0.5) is 0 Å². The van der Waals surface area contributed by atoms with Gasteiger partial charge in [-0.1, -0.05) is 12.1 Å². The molecule has 1 aliphatic carbocycles. The standard InChI is InChI=1S/C22H26N2O3/c1(4-14-23-16-17-8-9-17)5-15-25-18-10-12-19(13-11-18)26-22-24-20-6-2-3-7-21(20)27-22/h2-3,6-7,10-13,17,23H,1,4-5,8-9,14-16H2. The molecule has 1 aromatic heterocycles. The lowest BCUT2D eigenvalue weighted by Crippen LogP contribution is -2.18. The number of hydrogen-bond acceptors (Lipinski definition) is 5. The van der Waals surface area contributed by atoms with Crippen molar-refractivity contribution in [3.05, 3.63) is 48.5 Å². The molecule has 3 aromatic rings. The lowest BCUT2D eigenvalue weighted by molar-refractivity contribution is 0.303. The van der Waals surface area contributed by atoms with E-state index in [-0.39, 0.29) is 6.08 Å². The highest BCUT2D eigenvalue weighted by atomic mass is 16.6. The molecule has 5 nitrogen and oxygen atoms in total. The van der Waals surface area contributed by atoms with E-state index in [1.807, 2.05) is 48.5 Å². The number of fused-ring (bicyclic) bond motifs is 1. The minimum atomic E-state index is 0.250. The van der Waals surface area contributed by atoms with Gasteiger partial charge in [0.1, 0.15) is 17.0 Å². The lowest BCUT2D eigenvalue weighted by atomic mass is 10.2. The van der Waals surface area contributed by atoms with Gasteiger partial charge >= 0.3 is 6.08 Å². The second kappa shape index (κ2) is 8.91. The first kappa shape index (κ1) is 17.9. The topological polar surface area (TPSA) is 56.5 Å². The van der Waals surface area contributed by atoms with E-state index in [9.17, 15) is 0 Å². The average molecular weight is 366 g/mol. The van der Waals surface area contributed by atoms with E-state index in [4.69, 9.17) is 13.9 Å². The van der Waals surface area contributed by atoms with E-state index >= 15 is 0 Å². The third-order valence-corrected chi connectivity index (χ3v) is 4.70. The molecule has 0 amide bonds. The van der Waals surface area contributed by atoms with Gasteiger partial charge in [0.25, 0.3) is 0 Å². The van der Waals surface area contributed by atoms with E-state index in [2.05, 4.69) is 10.3 Å². The van der Waals surface area contributed by atoms with Crippen molar-refractivity contribution in [1.29, 1.82) is 0 Å². The Bertz CT molecular complexity index is 807. The van der Waals surface area contributed by atoms with Crippen LogP contribution in [0.2, 0.25) is 0 Å². The quantitative estimate of drug-likeness (QED) is 0.475. The number of unbranched alkanes of at least 4 members (excludes halogenated alkanes) is 2. The smallest absolute Gasteiger partial charge is 0.400 e. The number of hydrogen-bond donors (Lipinski definition) is 1. The molecule has 1 heterocycles. The summed E-state index contributed by atoms with van der Waals surface area (Å²) in [6, 6.07) is 15.2. The van der Waals surface area contributed by atoms with Gasteiger partial charge in [-0.2, -0.15) is 4.98 Å². The van der Waals surface area contributed by atoms with Crippen molar-refractivity contribution in [3.63, 3.8) is 0 Å². The first-order chi connectivity index (χ1) is 13.4. The second-order valence-electron chi connectivity index (χ2n) is 7.08. The maximum Gasteiger partial charge on any atom is 0.400 e. The predicted octanol–water partition coefficient (Wildman–Crippen LogP) is 5.17. The lowest BCUT2D eigenvalue weighted by Gasteiger charge is -2.07. The van der Waals surface area contributed by atoms with Gasteiger partial charge in [-0.15, -0.1) is 0 Å². The van der Waals surface area contributed by atoms with Crippen LogP contribution in [0.1, 0.15) is 32.1 Å². The van der Waals surface area contributed by atoms with Gasteiger partial charge in [-0.3, -0.25) is 0 Å². The number of ether oxygens (including phenoxy) is 2. The highest BCUT2D eigenvalue weighted by Crippen LogP contribution is 2.28. The Balaban J connectivity index is 1.15. The summed E-state index contributed by atoms with van der Waals surface area (Å²) < 4.78 is 17.0. The molecule has 0 saturated heterocycles. The van der Waals surface area contributed by atoms with Crippen LogP contribution in [0.15, 0.2) is 52.9 Å². The van der Waals surface area contributed by atoms with Crippen LogP contribution >= 0.6 is 0 Å². The molecule has 1 aliphatic rings. The zero-order valence-electron chi connectivity index (χ0n) is 15.5. The first-order valence-electron chi connectivity index (χ1n) is 9.84. The van der Waals surface area contributed by atoms with Crippen molar-refractivity contribution in [2.75, 3.05) is 19.7 Å². The molecule has 0 spiro atoms. The summed E-state index contributed by atoms with van der Waals surface area (Å²) in [6.07, 6.45) is 6.56. The van der Waals surface area contributed by atoms with E-state index < -0.39 is 0 Å². The van der Waals surface area contributed by atoms with E-state index in [0.29, 0.717) is 5.75 Å². The summed E-state index contributed by atoms with van der Waals surface area (Å²) in [4.78, 5) is 4.31. The summed E-state index contributed by atoms with van der Waals surface area (Å²) >= 11 is 0. The first-order valence-corrected chi connectivity index (χ1v) is 9.84. The molecule has 0 aliphatic heterocycles. The van der Waals surface area contributed by atoms with Crippen LogP contribution in [0, 0.1) is 5.92 Å². The van der Waals surface area contributed by atoms with E-state index in [1.54, 1.807) is 0 Å². The molecule has 0 unspecified atom stereocenters. The third kappa shape index (κ3) is 5.47. The number of nitrogens with one attached hydrogen (secondary N) is 1. The Morgan fingerprint density at radius 2 is 1.78 bits per heavy atom. The summed E-state index contributed by atoms with van der Waals surface area (Å²) in [6.45, 7) is 3.07. The summed E-state index contributed by atoms with van der Waals surface area (Å²) in [5.74, 6) is 2.49. The molecule has 1 saturated carbocycles. The highest BCUT2D eigenvalue weighted by Gasteiger charge is 2.19. The van der Waals surface area contributed by atoms with Crippen molar-refractivity contribution in [3.8, 4) is 17.6 Å². The van der Waals surface area contributed by atoms with Crippen LogP contribution in [-0.4, -0.2) is 24.7 Å². The summed E-state index contributed by atoms with van der Waals surface area (Å²) in [5.41, 5.74) is 1.50. The predicted molar refractivity (Wildman–Crippen MR) is 105 cm³/mol. The molecule has 4 rings (SSSR count). The van der Waals surface area contributed by atoms with Gasteiger partial charge in [0, 0.05) is 0 Å². The van der Waals surface area contributed by atoms with Crippen LogP contribution in [0.25, 0.3) is 11.1 Å². The summed E-state index contributed by atoms with van der Waals surface area (Å²) in [7, 11) is 0. The third-order valence-electron chi connectivity index (χ3n) is 4.70. The molecule has 5 heteroatoms. The minimum absolute atomic E-state index is 0.250. The van der Waals surface area contributed by atoms with Gasteiger partial charge in [0.15, 0.2) is 5.58 Å². The summed E-state index contributed by atoms with van der Waals surface area (Å²) in [5, 5.41) is 3.52. The molecule has 27 heavy (non-hydrogen) atoms. The zero-order valence-corrected chi connectivity index (χ0v) is 15.5. The second-order valence-corrected chi connectivity index (χ2v) is 7.08. The average Bonchev–Trinajstić information content (AvgIpc) is 3.42. The fourth-order valence-corrected chi connectivity index (χ4v) is 2.95. The van der Waals surface area contributed by atoms with Gasteiger partial charge in [-0.05, 0) is 87.5 Å². The number of nitrogens with zero attached hydrogens (tertiary/aromatic N) is 1. The molecular weight excluding hydrogens is 340 g/mol. The Hall–Kier alpha value is -2.53. The van der Waals surface area contributed by atoms with Crippen molar-refractivity contribution in [2.45, 2.75) is 32.1 Å². The molecular formula is C22H26N2O3. The molecule has 0 radical (unpaired) electrons. The minimum Gasteiger partial charge on any atom is -0.494 e. The van der Waals surface area contributed by atoms with Gasteiger partial charge in [0.05, 0.1) is 6.61 Å². The fraction of sp³-hybridized carbons (Fsp3) is 0.409. The molecule has 1 fully saturated rings. The normalized spacial score (nSPS) is 13.8. The van der Waals surface area contributed by atoms with Crippen LogP contribution in [0.3, 0.4) is 0 Å². The van der Waals surface area contributed by atoms with E-state index in [1.165, 1.54) is 32.2 Å². The Morgan fingerprint density at radius 3 is 2.59 bits per heavy atom. The van der Waals surface area contributed by atoms with Gasteiger partial charge < -0.3 is 19.2 Å². The Labute approximate surface area is 159 Å². The largest absolute Gasteiger partial charge is 0.494 e. The molecule has 2 aromatic carbocycles.